The molecular formula is C20H23ClFN3O3S. The second kappa shape index (κ2) is 8.51. The van der Waals surface area contributed by atoms with Gasteiger partial charge in [-0.05, 0) is 37.6 Å². The Hall–Kier alpha value is -2.45. The summed E-state index contributed by atoms with van der Waals surface area (Å²) in [6, 6.07) is 9.91. The van der Waals surface area contributed by atoms with Gasteiger partial charge in [-0.2, -0.15) is 0 Å². The number of nitrogens with one attached hydrogen (secondary N) is 1. The van der Waals surface area contributed by atoms with E-state index in [1.165, 1.54) is 12.1 Å². The third-order valence-electron chi connectivity index (χ3n) is 4.68. The van der Waals surface area contributed by atoms with Crippen LogP contribution in [0.3, 0.4) is 0 Å². The summed E-state index contributed by atoms with van der Waals surface area (Å²) >= 11 is 5.54. The van der Waals surface area contributed by atoms with E-state index in [9.17, 15) is 12.8 Å². The summed E-state index contributed by atoms with van der Waals surface area (Å²) in [6.45, 7) is 2.59. The van der Waals surface area contributed by atoms with Crippen molar-refractivity contribution in [3.63, 3.8) is 0 Å². The van der Waals surface area contributed by atoms with Crippen LogP contribution in [0.15, 0.2) is 36.4 Å². The Morgan fingerprint density at radius 3 is 2.62 bits per heavy atom. The van der Waals surface area contributed by atoms with Crippen LogP contribution in [0.4, 0.5) is 15.8 Å². The van der Waals surface area contributed by atoms with E-state index in [0.29, 0.717) is 29.2 Å². The van der Waals surface area contributed by atoms with Crippen molar-refractivity contribution in [3.8, 4) is 17.0 Å². The lowest BCUT2D eigenvalue weighted by atomic mass is 10.1. The SMILES string of the molecule is CCn1c(-c2ccc(NS(=O)(=O)CCCCl)c(F)c2)c(N)c2ccc(OC)cc21. The molecule has 9 heteroatoms. The maximum absolute atomic E-state index is 14.7. The first-order chi connectivity index (χ1) is 13.8. The summed E-state index contributed by atoms with van der Waals surface area (Å²) in [5, 5.41) is 0.842. The van der Waals surface area contributed by atoms with E-state index in [4.69, 9.17) is 22.1 Å². The smallest absolute Gasteiger partial charge is 0.232 e. The van der Waals surface area contributed by atoms with Gasteiger partial charge in [0.2, 0.25) is 10.0 Å². The minimum Gasteiger partial charge on any atom is -0.497 e. The Balaban J connectivity index is 2.04. The zero-order valence-electron chi connectivity index (χ0n) is 16.2. The van der Waals surface area contributed by atoms with Gasteiger partial charge in [-0.1, -0.05) is 6.07 Å². The fourth-order valence-corrected chi connectivity index (χ4v) is 4.75. The molecule has 0 unspecified atom stereocenters. The third-order valence-corrected chi connectivity index (χ3v) is 6.31. The number of anilines is 2. The van der Waals surface area contributed by atoms with E-state index < -0.39 is 15.8 Å². The Bertz CT molecular complexity index is 1150. The minimum atomic E-state index is -3.66. The quantitative estimate of drug-likeness (QED) is 0.508. The van der Waals surface area contributed by atoms with E-state index in [1.807, 2.05) is 29.7 Å². The molecule has 3 rings (SSSR count). The van der Waals surface area contributed by atoms with Crippen LogP contribution < -0.4 is 15.2 Å². The van der Waals surface area contributed by atoms with Crippen LogP contribution in [-0.4, -0.2) is 31.7 Å². The fraction of sp³-hybridized carbons (Fsp3) is 0.300. The lowest BCUT2D eigenvalue weighted by Crippen LogP contribution is -2.17. The number of hydrogen-bond acceptors (Lipinski definition) is 4. The molecule has 0 saturated heterocycles. The molecule has 1 aromatic heterocycles. The predicted molar refractivity (Wildman–Crippen MR) is 117 cm³/mol. The molecule has 156 valence electrons. The van der Waals surface area contributed by atoms with Gasteiger partial charge in [0.1, 0.15) is 11.6 Å². The topological polar surface area (TPSA) is 86.4 Å². The highest BCUT2D eigenvalue weighted by Gasteiger charge is 2.19. The standard InChI is InChI=1S/C20H23ClFN3O3S/c1-3-25-18-12-14(28-2)6-7-15(18)19(23)20(25)13-5-8-17(16(22)11-13)24-29(26,27)10-4-9-21/h5-8,11-12,24H,3-4,9-10,23H2,1-2H3. The Kier molecular flexibility index (Phi) is 6.24. The molecule has 0 aliphatic heterocycles. The Labute approximate surface area is 174 Å². The van der Waals surface area contributed by atoms with E-state index in [0.717, 1.165) is 10.9 Å². The van der Waals surface area contributed by atoms with Crippen molar-refractivity contribution < 1.29 is 17.5 Å². The molecule has 0 aliphatic carbocycles. The minimum absolute atomic E-state index is 0.109. The fourth-order valence-electron chi connectivity index (χ4n) is 3.33. The molecule has 3 N–H and O–H groups in total. The van der Waals surface area contributed by atoms with Crippen LogP contribution in [-0.2, 0) is 16.6 Å². The molecule has 6 nitrogen and oxygen atoms in total. The number of aromatic nitrogens is 1. The van der Waals surface area contributed by atoms with E-state index in [1.54, 1.807) is 13.2 Å². The number of rotatable bonds is 8. The number of halogens is 2. The number of sulfonamides is 1. The third kappa shape index (κ3) is 4.28. The van der Waals surface area contributed by atoms with Crippen LogP contribution in [0, 0.1) is 5.82 Å². The lowest BCUT2D eigenvalue weighted by molar-refractivity contribution is 0.415. The average molecular weight is 440 g/mol. The van der Waals surface area contributed by atoms with Gasteiger partial charge in [0.05, 0.1) is 35.4 Å². The number of fused-ring (bicyclic) bond motifs is 1. The van der Waals surface area contributed by atoms with Crippen molar-refractivity contribution in [2.45, 2.75) is 19.9 Å². The van der Waals surface area contributed by atoms with Crippen LogP contribution in [0.2, 0.25) is 0 Å². The van der Waals surface area contributed by atoms with Crippen molar-refractivity contribution >= 4 is 43.9 Å². The molecule has 3 aromatic rings. The Morgan fingerprint density at radius 1 is 1.24 bits per heavy atom. The van der Waals surface area contributed by atoms with Gasteiger partial charge >= 0.3 is 0 Å². The molecule has 29 heavy (non-hydrogen) atoms. The zero-order valence-corrected chi connectivity index (χ0v) is 17.8. The number of benzene rings is 2. The summed E-state index contributed by atoms with van der Waals surface area (Å²) < 4.78 is 48.3. The van der Waals surface area contributed by atoms with Gasteiger partial charge in [0, 0.05) is 29.4 Å². The van der Waals surface area contributed by atoms with E-state index in [-0.39, 0.29) is 23.7 Å². The molecular weight excluding hydrogens is 417 g/mol. The van der Waals surface area contributed by atoms with Gasteiger partial charge in [0.25, 0.3) is 0 Å². The molecule has 0 amide bonds. The molecule has 0 bridgehead atoms. The van der Waals surface area contributed by atoms with Gasteiger partial charge in [-0.25, -0.2) is 12.8 Å². The molecule has 1 heterocycles. The van der Waals surface area contributed by atoms with Crippen LogP contribution in [0.5, 0.6) is 5.75 Å². The summed E-state index contributed by atoms with van der Waals surface area (Å²) in [4.78, 5) is 0. The van der Waals surface area contributed by atoms with Crippen molar-refractivity contribution in [2.75, 3.05) is 29.2 Å². The maximum Gasteiger partial charge on any atom is 0.232 e. The molecule has 0 spiro atoms. The predicted octanol–water partition coefficient (Wildman–Crippen LogP) is 4.43. The first-order valence-corrected chi connectivity index (χ1v) is 11.3. The summed E-state index contributed by atoms with van der Waals surface area (Å²) in [6.07, 6.45) is 0.285. The van der Waals surface area contributed by atoms with Gasteiger partial charge in [-0.3, -0.25) is 4.72 Å². The molecule has 0 radical (unpaired) electrons. The van der Waals surface area contributed by atoms with E-state index >= 15 is 0 Å². The average Bonchev–Trinajstić information content (AvgIpc) is 2.99. The van der Waals surface area contributed by atoms with Crippen molar-refractivity contribution in [2.24, 2.45) is 0 Å². The molecule has 0 fully saturated rings. The van der Waals surface area contributed by atoms with Gasteiger partial charge < -0.3 is 15.0 Å². The number of hydrogen-bond donors (Lipinski definition) is 2. The van der Waals surface area contributed by atoms with Crippen LogP contribution in [0.1, 0.15) is 13.3 Å². The second-order valence-electron chi connectivity index (χ2n) is 6.55. The summed E-state index contributed by atoms with van der Waals surface area (Å²) in [5.41, 5.74) is 8.90. The number of nitrogen functional groups attached to an aromatic ring is 1. The number of nitrogens with two attached hydrogens (primary N) is 1. The zero-order chi connectivity index (χ0) is 21.2. The normalized spacial score (nSPS) is 11.7. The second-order valence-corrected chi connectivity index (χ2v) is 8.77. The summed E-state index contributed by atoms with van der Waals surface area (Å²) in [7, 11) is -2.07. The number of nitrogens with zero attached hydrogens (tertiary/aromatic N) is 1. The highest BCUT2D eigenvalue weighted by atomic mass is 35.5. The van der Waals surface area contributed by atoms with E-state index in [2.05, 4.69) is 4.72 Å². The monoisotopic (exact) mass is 439 g/mol. The molecule has 0 saturated carbocycles. The summed E-state index contributed by atoms with van der Waals surface area (Å²) in [5.74, 6) is 0.0656. The highest BCUT2D eigenvalue weighted by Crippen LogP contribution is 2.38. The van der Waals surface area contributed by atoms with Crippen molar-refractivity contribution in [1.29, 1.82) is 0 Å². The molecule has 2 aromatic carbocycles. The number of alkyl halides is 1. The molecule has 0 aliphatic rings. The highest BCUT2D eigenvalue weighted by molar-refractivity contribution is 7.92. The van der Waals surface area contributed by atoms with Gasteiger partial charge in [0.15, 0.2) is 0 Å². The van der Waals surface area contributed by atoms with Crippen LogP contribution >= 0.6 is 11.6 Å². The number of methoxy groups -OCH3 is 1. The maximum atomic E-state index is 14.7. The largest absolute Gasteiger partial charge is 0.497 e. The Morgan fingerprint density at radius 2 is 2.00 bits per heavy atom. The van der Waals surface area contributed by atoms with Crippen molar-refractivity contribution in [1.82, 2.24) is 4.57 Å². The van der Waals surface area contributed by atoms with Gasteiger partial charge in [-0.15, -0.1) is 11.6 Å². The first kappa shape index (κ1) is 21.3. The number of aryl methyl sites for hydroxylation is 1. The number of ether oxygens (including phenoxy) is 1. The first-order valence-electron chi connectivity index (χ1n) is 9.13. The molecule has 0 atom stereocenters. The van der Waals surface area contributed by atoms with Crippen LogP contribution in [0.25, 0.3) is 22.2 Å². The lowest BCUT2D eigenvalue weighted by Gasteiger charge is -2.12. The van der Waals surface area contributed by atoms with Crippen molar-refractivity contribution in [3.05, 3.63) is 42.2 Å².